The predicted octanol–water partition coefficient (Wildman–Crippen LogP) is 5.10. The van der Waals surface area contributed by atoms with Crippen LogP contribution in [0.15, 0.2) is 60.0 Å². The second-order valence-electron chi connectivity index (χ2n) is 5.71. The van der Waals surface area contributed by atoms with Crippen LogP contribution >= 0.6 is 11.3 Å². The number of thiazole rings is 1. The number of nitriles is 1. The van der Waals surface area contributed by atoms with Gasteiger partial charge in [0.1, 0.15) is 0 Å². The standard InChI is InChI=1S/C20H15N3S/c1-14-7-9-15(10-8-14)18-13-24-20-22-19(16-5-3-2-4-6-16)17(11-12-21)23(18)20/h2-10,13H,11H2,1H3. The molecule has 0 spiro atoms. The summed E-state index contributed by atoms with van der Waals surface area (Å²) >= 11 is 1.61. The lowest BCUT2D eigenvalue weighted by molar-refractivity contribution is 1.08. The molecule has 0 aliphatic rings. The number of aromatic nitrogens is 2. The number of hydrogen-bond donors (Lipinski definition) is 0. The fourth-order valence-corrected chi connectivity index (χ4v) is 3.82. The van der Waals surface area contributed by atoms with Crippen LogP contribution in [0.1, 0.15) is 11.3 Å². The van der Waals surface area contributed by atoms with Gasteiger partial charge in [0.05, 0.1) is 29.6 Å². The molecule has 24 heavy (non-hydrogen) atoms. The monoisotopic (exact) mass is 329 g/mol. The van der Waals surface area contributed by atoms with Crippen LogP contribution in [0.4, 0.5) is 0 Å². The molecule has 2 aromatic carbocycles. The van der Waals surface area contributed by atoms with E-state index in [1.807, 2.05) is 30.3 Å². The van der Waals surface area contributed by atoms with Crippen LogP contribution in [0.5, 0.6) is 0 Å². The van der Waals surface area contributed by atoms with Crippen molar-refractivity contribution in [2.75, 3.05) is 0 Å². The summed E-state index contributed by atoms with van der Waals surface area (Å²) in [5.41, 5.74) is 6.37. The van der Waals surface area contributed by atoms with E-state index in [2.05, 4.69) is 47.0 Å². The normalized spacial score (nSPS) is 10.8. The second kappa shape index (κ2) is 5.95. The number of nitrogens with zero attached hydrogens (tertiary/aromatic N) is 3. The van der Waals surface area contributed by atoms with Crippen LogP contribution in [0.2, 0.25) is 0 Å². The molecule has 2 heterocycles. The van der Waals surface area contributed by atoms with Crippen molar-refractivity contribution in [1.29, 1.82) is 5.26 Å². The summed E-state index contributed by atoms with van der Waals surface area (Å²) in [6.45, 7) is 2.08. The molecule has 0 N–H and O–H groups in total. The van der Waals surface area contributed by atoms with Crippen LogP contribution in [0.3, 0.4) is 0 Å². The number of hydrogen-bond acceptors (Lipinski definition) is 3. The molecular formula is C20H15N3S. The van der Waals surface area contributed by atoms with Crippen molar-refractivity contribution in [1.82, 2.24) is 9.38 Å². The average Bonchev–Trinajstić information content (AvgIpc) is 3.17. The summed E-state index contributed by atoms with van der Waals surface area (Å²) in [6.07, 6.45) is 0.334. The van der Waals surface area contributed by atoms with E-state index in [4.69, 9.17) is 4.98 Å². The van der Waals surface area contributed by atoms with Crippen LogP contribution < -0.4 is 0 Å². The average molecular weight is 329 g/mol. The maximum absolute atomic E-state index is 9.32. The molecule has 0 unspecified atom stereocenters. The van der Waals surface area contributed by atoms with Gasteiger partial charge in [-0.15, -0.1) is 11.3 Å². The van der Waals surface area contributed by atoms with E-state index in [-0.39, 0.29) is 0 Å². The Labute approximate surface area is 144 Å². The Hall–Kier alpha value is -2.90. The highest BCUT2D eigenvalue weighted by atomic mass is 32.1. The minimum atomic E-state index is 0.334. The molecule has 0 aliphatic carbocycles. The van der Waals surface area contributed by atoms with E-state index in [1.165, 1.54) is 5.56 Å². The molecule has 0 saturated carbocycles. The predicted molar refractivity (Wildman–Crippen MR) is 98.0 cm³/mol. The third-order valence-corrected chi connectivity index (χ3v) is 4.93. The molecule has 2 aromatic heterocycles. The van der Waals surface area contributed by atoms with Gasteiger partial charge in [-0.1, -0.05) is 60.2 Å². The highest BCUT2D eigenvalue weighted by Crippen LogP contribution is 2.33. The fourth-order valence-electron chi connectivity index (χ4n) is 2.91. The zero-order valence-electron chi connectivity index (χ0n) is 13.2. The van der Waals surface area contributed by atoms with E-state index >= 15 is 0 Å². The Kier molecular flexibility index (Phi) is 3.64. The summed E-state index contributed by atoms with van der Waals surface area (Å²) < 4.78 is 2.13. The molecule has 0 atom stereocenters. The summed E-state index contributed by atoms with van der Waals surface area (Å²) in [7, 11) is 0. The zero-order valence-corrected chi connectivity index (χ0v) is 14.0. The van der Waals surface area contributed by atoms with E-state index in [1.54, 1.807) is 11.3 Å². The molecule has 116 valence electrons. The molecule has 3 nitrogen and oxygen atoms in total. The molecule has 4 aromatic rings. The first-order chi connectivity index (χ1) is 11.8. The van der Waals surface area contributed by atoms with Gasteiger partial charge in [0.25, 0.3) is 0 Å². The van der Waals surface area contributed by atoms with E-state index in [9.17, 15) is 5.26 Å². The SMILES string of the molecule is Cc1ccc(-c2csc3nc(-c4ccccc4)c(CC#N)n23)cc1. The lowest BCUT2D eigenvalue weighted by atomic mass is 10.1. The van der Waals surface area contributed by atoms with Crippen LogP contribution in [-0.4, -0.2) is 9.38 Å². The fraction of sp³-hybridized carbons (Fsp3) is 0.100. The molecule has 4 rings (SSSR count). The molecule has 0 fully saturated rings. The Morgan fingerprint density at radius 3 is 2.50 bits per heavy atom. The van der Waals surface area contributed by atoms with E-state index in [0.717, 1.165) is 33.2 Å². The van der Waals surface area contributed by atoms with Gasteiger partial charge in [-0.05, 0) is 12.5 Å². The van der Waals surface area contributed by atoms with Gasteiger partial charge >= 0.3 is 0 Å². The van der Waals surface area contributed by atoms with Crippen molar-refractivity contribution in [3.63, 3.8) is 0 Å². The number of fused-ring (bicyclic) bond motifs is 1. The van der Waals surface area contributed by atoms with Gasteiger partial charge in [0.15, 0.2) is 4.96 Å². The van der Waals surface area contributed by atoms with Crippen molar-refractivity contribution < 1.29 is 0 Å². The lowest BCUT2D eigenvalue weighted by Crippen LogP contribution is -1.95. The lowest BCUT2D eigenvalue weighted by Gasteiger charge is -2.05. The maximum atomic E-state index is 9.32. The first-order valence-electron chi connectivity index (χ1n) is 7.76. The summed E-state index contributed by atoms with van der Waals surface area (Å²) in [5, 5.41) is 11.4. The first kappa shape index (κ1) is 14.7. The van der Waals surface area contributed by atoms with Crippen molar-refractivity contribution in [3.8, 4) is 28.6 Å². The topological polar surface area (TPSA) is 41.1 Å². The van der Waals surface area contributed by atoms with Gasteiger partial charge in [0, 0.05) is 10.9 Å². The third kappa shape index (κ3) is 2.40. The smallest absolute Gasteiger partial charge is 0.194 e. The van der Waals surface area contributed by atoms with Crippen LogP contribution in [0.25, 0.3) is 27.5 Å². The summed E-state index contributed by atoms with van der Waals surface area (Å²) in [4.78, 5) is 5.72. The van der Waals surface area contributed by atoms with Gasteiger partial charge in [-0.3, -0.25) is 4.40 Å². The summed E-state index contributed by atoms with van der Waals surface area (Å²) in [6, 6.07) is 20.8. The van der Waals surface area contributed by atoms with Crippen molar-refractivity contribution in [2.24, 2.45) is 0 Å². The maximum Gasteiger partial charge on any atom is 0.194 e. The minimum Gasteiger partial charge on any atom is -0.286 e. The van der Waals surface area contributed by atoms with Gasteiger partial charge in [-0.2, -0.15) is 5.26 Å². The van der Waals surface area contributed by atoms with E-state index in [0.29, 0.717) is 6.42 Å². The molecule has 0 aliphatic heterocycles. The molecule has 0 radical (unpaired) electrons. The van der Waals surface area contributed by atoms with Gasteiger partial charge < -0.3 is 0 Å². The quantitative estimate of drug-likeness (QED) is 0.524. The largest absolute Gasteiger partial charge is 0.286 e. The molecular weight excluding hydrogens is 314 g/mol. The van der Waals surface area contributed by atoms with Crippen molar-refractivity contribution in [2.45, 2.75) is 13.3 Å². The Bertz CT molecular complexity index is 1030. The Balaban J connectivity index is 1.96. The molecule has 4 heteroatoms. The Morgan fingerprint density at radius 1 is 1.04 bits per heavy atom. The Morgan fingerprint density at radius 2 is 1.79 bits per heavy atom. The first-order valence-corrected chi connectivity index (χ1v) is 8.64. The number of benzene rings is 2. The van der Waals surface area contributed by atoms with Crippen molar-refractivity contribution >= 4 is 16.3 Å². The highest BCUT2D eigenvalue weighted by Gasteiger charge is 2.18. The minimum absolute atomic E-state index is 0.334. The number of aryl methyl sites for hydroxylation is 1. The van der Waals surface area contributed by atoms with Crippen molar-refractivity contribution in [3.05, 3.63) is 71.2 Å². The zero-order chi connectivity index (χ0) is 16.5. The summed E-state index contributed by atoms with van der Waals surface area (Å²) in [5.74, 6) is 0. The second-order valence-corrected chi connectivity index (χ2v) is 6.55. The molecule has 0 bridgehead atoms. The highest BCUT2D eigenvalue weighted by molar-refractivity contribution is 7.15. The van der Waals surface area contributed by atoms with Gasteiger partial charge in [0.2, 0.25) is 0 Å². The van der Waals surface area contributed by atoms with Gasteiger partial charge in [-0.25, -0.2) is 4.98 Å². The third-order valence-electron chi connectivity index (χ3n) is 4.10. The molecule has 0 saturated heterocycles. The van der Waals surface area contributed by atoms with E-state index < -0.39 is 0 Å². The molecule has 0 amide bonds. The van der Waals surface area contributed by atoms with Crippen LogP contribution in [0, 0.1) is 18.3 Å². The van der Waals surface area contributed by atoms with Crippen LogP contribution in [-0.2, 0) is 6.42 Å². The number of imidazole rings is 1. The number of rotatable bonds is 3.